The highest BCUT2D eigenvalue weighted by Gasteiger charge is 2.41. The summed E-state index contributed by atoms with van der Waals surface area (Å²) >= 11 is 5.74. The average Bonchev–Trinajstić information content (AvgIpc) is 2.97. The smallest absolute Gasteiger partial charge is 0.270 e. The summed E-state index contributed by atoms with van der Waals surface area (Å²) in [7, 11) is 0. The zero-order valence-corrected chi connectivity index (χ0v) is 24.0. The number of carbonyl (C=O) groups excluding carboxylic acids is 2. The molecule has 1 aliphatic heterocycles. The van der Waals surface area contributed by atoms with E-state index in [4.69, 9.17) is 21.7 Å². The fourth-order valence-corrected chi connectivity index (χ4v) is 4.85. The Labute approximate surface area is 245 Å². The lowest BCUT2D eigenvalue weighted by molar-refractivity contribution is -0.120. The average molecular weight is 563 g/mol. The van der Waals surface area contributed by atoms with Gasteiger partial charge in [0.1, 0.15) is 12.2 Å². The molecular weight excluding hydrogens is 532 g/mol. The minimum Gasteiger partial charge on any atom is -0.490 e. The van der Waals surface area contributed by atoms with Crippen LogP contribution in [0, 0.1) is 13.8 Å². The van der Waals surface area contributed by atoms with Crippen molar-refractivity contribution in [2.75, 3.05) is 16.4 Å². The van der Waals surface area contributed by atoms with Crippen molar-refractivity contribution >= 4 is 46.6 Å². The number of rotatable bonds is 8. The predicted molar refractivity (Wildman–Crippen MR) is 166 cm³/mol. The van der Waals surface area contributed by atoms with Gasteiger partial charge < -0.3 is 9.47 Å². The van der Waals surface area contributed by atoms with Crippen molar-refractivity contribution in [1.82, 2.24) is 0 Å². The molecule has 0 saturated carbocycles. The van der Waals surface area contributed by atoms with Gasteiger partial charge in [-0.2, -0.15) is 0 Å². The first-order valence-corrected chi connectivity index (χ1v) is 13.8. The van der Waals surface area contributed by atoms with Crippen molar-refractivity contribution in [2.45, 2.75) is 27.4 Å². The van der Waals surface area contributed by atoms with Gasteiger partial charge >= 0.3 is 0 Å². The summed E-state index contributed by atoms with van der Waals surface area (Å²) < 4.78 is 11.9. The zero-order valence-electron chi connectivity index (χ0n) is 23.2. The summed E-state index contributed by atoms with van der Waals surface area (Å²) in [5, 5.41) is 0.101. The van der Waals surface area contributed by atoms with Crippen LogP contribution in [-0.2, 0) is 16.2 Å². The van der Waals surface area contributed by atoms with E-state index in [1.54, 1.807) is 24.3 Å². The molecule has 0 aromatic heterocycles. The molecule has 41 heavy (non-hydrogen) atoms. The van der Waals surface area contributed by atoms with Crippen molar-refractivity contribution in [3.63, 3.8) is 0 Å². The number of ether oxygens (including phenoxy) is 2. The zero-order chi connectivity index (χ0) is 28.9. The highest BCUT2D eigenvalue weighted by atomic mass is 32.1. The van der Waals surface area contributed by atoms with Crippen LogP contribution in [0.5, 0.6) is 11.5 Å². The third kappa shape index (κ3) is 6.05. The van der Waals surface area contributed by atoms with E-state index in [-0.39, 0.29) is 10.7 Å². The third-order valence-corrected chi connectivity index (χ3v) is 7.01. The van der Waals surface area contributed by atoms with E-state index in [1.165, 1.54) is 9.80 Å². The van der Waals surface area contributed by atoms with Crippen LogP contribution in [0.4, 0.5) is 11.4 Å². The Morgan fingerprint density at radius 1 is 0.707 bits per heavy atom. The molecule has 5 rings (SSSR count). The Balaban J connectivity index is 1.54. The van der Waals surface area contributed by atoms with Gasteiger partial charge in [0.15, 0.2) is 16.6 Å². The summed E-state index contributed by atoms with van der Waals surface area (Å²) in [5.74, 6) is 0.113. The lowest BCUT2D eigenvalue weighted by Gasteiger charge is -2.36. The third-order valence-electron chi connectivity index (χ3n) is 6.65. The Morgan fingerprint density at radius 3 is 1.80 bits per heavy atom. The Morgan fingerprint density at radius 2 is 1.27 bits per heavy atom. The first-order chi connectivity index (χ1) is 19.9. The molecule has 0 N–H and O–H groups in total. The second-order valence-corrected chi connectivity index (χ2v) is 10.1. The number of hydrogen-bond acceptors (Lipinski definition) is 5. The molecule has 206 valence electrons. The van der Waals surface area contributed by atoms with Crippen molar-refractivity contribution in [1.29, 1.82) is 0 Å². The standard InChI is InChI=1S/C34H30N2O4S/c1-4-39-31-21-26(14-19-30(31)40-22-25-8-6-5-7-9-25)20-29-32(37)35(27-15-10-23(2)11-16-27)34(41)36(33(29)38)28-17-12-24(3)13-18-28/h5-21H,4,22H2,1-3H3. The number of amides is 2. The largest absolute Gasteiger partial charge is 0.490 e. The number of benzene rings is 4. The van der Waals surface area contributed by atoms with E-state index < -0.39 is 11.8 Å². The number of carbonyl (C=O) groups is 2. The molecule has 6 nitrogen and oxygen atoms in total. The molecule has 1 fully saturated rings. The molecule has 1 saturated heterocycles. The quantitative estimate of drug-likeness (QED) is 0.131. The molecule has 2 amide bonds. The summed E-state index contributed by atoms with van der Waals surface area (Å²) in [6, 6.07) is 30.1. The van der Waals surface area contributed by atoms with Crippen LogP contribution in [0.2, 0.25) is 0 Å². The van der Waals surface area contributed by atoms with Crippen LogP contribution in [0.3, 0.4) is 0 Å². The molecular formula is C34H30N2O4S. The van der Waals surface area contributed by atoms with Crippen LogP contribution in [0.15, 0.2) is 103 Å². The number of hydrogen-bond donors (Lipinski definition) is 0. The van der Waals surface area contributed by atoms with E-state index in [1.807, 2.05) is 99.6 Å². The van der Waals surface area contributed by atoms with Gasteiger partial charge in [-0.1, -0.05) is 71.8 Å². The molecule has 0 atom stereocenters. The van der Waals surface area contributed by atoms with E-state index in [0.717, 1.165) is 16.7 Å². The van der Waals surface area contributed by atoms with Gasteiger partial charge in [-0.25, -0.2) is 0 Å². The van der Waals surface area contributed by atoms with Crippen molar-refractivity contribution in [3.05, 3.63) is 125 Å². The summed E-state index contributed by atoms with van der Waals surface area (Å²) in [6.07, 6.45) is 1.58. The molecule has 7 heteroatoms. The van der Waals surface area contributed by atoms with Gasteiger partial charge in [0.05, 0.1) is 18.0 Å². The van der Waals surface area contributed by atoms with Crippen molar-refractivity contribution in [3.8, 4) is 11.5 Å². The lowest BCUT2D eigenvalue weighted by Crippen LogP contribution is -2.56. The maximum atomic E-state index is 13.9. The molecule has 4 aromatic carbocycles. The summed E-state index contributed by atoms with van der Waals surface area (Å²) in [6.45, 7) is 6.64. The fourth-order valence-electron chi connectivity index (χ4n) is 4.48. The topological polar surface area (TPSA) is 59.1 Å². The summed E-state index contributed by atoms with van der Waals surface area (Å²) in [5.41, 5.74) is 4.90. The molecule has 0 spiro atoms. The number of anilines is 2. The number of nitrogens with zero attached hydrogens (tertiary/aromatic N) is 2. The van der Waals surface area contributed by atoms with E-state index in [2.05, 4.69) is 0 Å². The Bertz CT molecular complexity index is 1540. The molecule has 0 radical (unpaired) electrons. The van der Waals surface area contributed by atoms with Gasteiger partial charge in [-0.3, -0.25) is 19.4 Å². The monoisotopic (exact) mass is 562 g/mol. The van der Waals surface area contributed by atoms with Gasteiger partial charge in [0, 0.05) is 0 Å². The molecule has 0 bridgehead atoms. The Kier molecular flexibility index (Phi) is 8.26. The van der Waals surface area contributed by atoms with E-state index in [9.17, 15) is 9.59 Å². The van der Waals surface area contributed by atoms with Crippen molar-refractivity contribution < 1.29 is 19.1 Å². The molecule has 4 aromatic rings. The number of thiocarbonyl (C=S) groups is 1. The van der Waals surface area contributed by atoms with Crippen LogP contribution < -0.4 is 19.3 Å². The normalized spacial score (nSPS) is 13.4. The minimum absolute atomic E-state index is 0.0137. The first kappa shape index (κ1) is 27.8. The van der Waals surface area contributed by atoms with E-state index in [0.29, 0.717) is 41.7 Å². The van der Waals surface area contributed by atoms with Crippen LogP contribution >= 0.6 is 12.2 Å². The molecule has 0 unspecified atom stereocenters. The van der Waals surface area contributed by atoms with Crippen LogP contribution in [0.25, 0.3) is 6.08 Å². The predicted octanol–water partition coefficient (Wildman–Crippen LogP) is 7.03. The van der Waals surface area contributed by atoms with E-state index >= 15 is 0 Å². The van der Waals surface area contributed by atoms with Gasteiger partial charge in [-0.05, 0) is 86.6 Å². The maximum absolute atomic E-state index is 13.9. The minimum atomic E-state index is -0.491. The fraction of sp³-hybridized carbons (Fsp3) is 0.147. The maximum Gasteiger partial charge on any atom is 0.270 e. The highest BCUT2D eigenvalue weighted by molar-refractivity contribution is 7.81. The molecule has 0 aliphatic carbocycles. The second kappa shape index (κ2) is 12.2. The molecule has 1 heterocycles. The van der Waals surface area contributed by atoms with Gasteiger partial charge in [-0.15, -0.1) is 0 Å². The number of aryl methyl sites for hydroxylation is 2. The molecule has 1 aliphatic rings. The SMILES string of the molecule is CCOc1cc(C=C2C(=O)N(c3ccc(C)cc3)C(=S)N(c3ccc(C)cc3)C2=O)ccc1OCc1ccccc1. The second-order valence-electron chi connectivity index (χ2n) is 9.71. The van der Waals surface area contributed by atoms with Gasteiger partial charge in [0.25, 0.3) is 11.8 Å². The van der Waals surface area contributed by atoms with Crippen LogP contribution in [0.1, 0.15) is 29.2 Å². The summed E-state index contributed by atoms with van der Waals surface area (Å²) in [4.78, 5) is 30.6. The van der Waals surface area contributed by atoms with Gasteiger partial charge in [0.2, 0.25) is 0 Å². The Hall–Kier alpha value is -4.75. The van der Waals surface area contributed by atoms with Crippen LogP contribution in [-0.4, -0.2) is 23.5 Å². The first-order valence-electron chi connectivity index (χ1n) is 13.4. The highest BCUT2D eigenvalue weighted by Crippen LogP contribution is 2.33. The van der Waals surface area contributed by atoms with Crippen molar-refractivity contribution in [2.24, 2.45) is 0 Å². The lowest BCUT2D eigenvalue weighted by atomic mass is 10.0.